The van der Waals surface area contributed by atoms with Gasteiger partial charge in [0.25, 0.3) is 0 Å². The summed E-state index contributed by atoms with van der Waals surface area (Å²) >= 11 is 0. The highest BCUT2D eigenvalue weighted by atomic mass is 16.4. The van der Waals surface area contributed by atoms with E-state index >= 15 is 0 Å². The number of aliphatic carboxylic acids is 1. The number of hydrogen-bond acceptors (Lipinski definition) is 3. The molecule has 2 heterocycles. The summed E-state index contributed by atoms with van der Waals surface area (Å²) in [5.41, 5.74) is 1.07. The Labute approximate surface area is 109 Å². The van der Waals surface area contributed by atoms with Crippen molar-refractivity contribution in [2.45, 2.75) is 24.0 Å². The summed E-state index contributed by atoms with van der Waals surface area (Å²) in [5, 5.41) is 19.2. The van der Waals surface area contributed by atoms with Crippen molar-refractivity contribution in [3.63, 3.8) is 0 Å². The third-order valence-electron chi connectivity index (χ3n) is 4.37. The first kappa shape index (κ1) is 10.8. The molecule has 2 N–H and O–H groups in total. The second-order valence-electron chi connectivity index (χ2n) is 5.42. The van der Waals surface area contributed by atoms with Crippen LogP contribution in [-0.4, -0.2) is 31.3 Å². The molecule has 5 heteroatoms. The molecule has 19 heavy (non-hydrogen) atoms. The van der Waals surface area contributed by atoms with Gasteiger partial charge in [-0.05, 0) is 5.56 Å². The van der Waals surface area contributed by atoms with Crippen LogP contribution < -0.4 is 0 Å². The largest absolute Gasteiger partial charge is 0.479 e. The van der Waals surface area contributed by atoms with Crippen molar-refractivity contribution in [2.24, 2.45) is 0 Å². The molecule has 1 aromatic heterocycles. The average Bonchev–Trinajstić information content (AvgIpc) is 2.91. The van der Waals surface area contributed by atoms with Gasteiger partial charge in [-0.25, -0.2) is 9.78 Å². The van der Waals surface area contributed by atoms with E-state index in [9.17, 15) is 9.90 Å². The number of aliphatic hydroxyl groups is 1. The van der Waals surface area contributed by atoms with Gasteiger partial charge in [-0.15, -0.1) is 0 Å². The van der Waals surface area contributed by atoms with E-state index in [0.29, 0.717) is 0 Å². The Morgan fingerprint density at radius 3 is 2.79 bits per heavy atom. The molecule has 1 spiro atoms. The molecule has 1 fully saturated rings. The molecule has 2 aliphatic rings. The van der Waals surface area contributed by atoms with Crippen molar-refractivity contribution < 1.29 is 15.0 Å². The number of carboxylic acids is 1. The lowest BCUT2D eigenvalue weighted by atomic mass is 9.62. The Hall–Kier alpha value is -2.14. The first-order chi connectivity index (χ1) is 9.07. The third kappa shape index (κ3) is 1.09. The Kier molecular flexibility index (Phi) is 1.73. The Morgan fingerprint density at radius 1 is 1.32 bits per heavy atom. The number of fused-ring (bicyclic) bond motifs is 5. The molecule has 1 saturated carbocycles. The lowest BCUT2D eigenvalue weighted by Gasteiger charge is -2.50. The third-order valence-corrected chi connectivity index (χ3v) is 4.37. The summed E-state index contributed by atoms with van der Waals surface area (Å²) in [4.78, 5) is 15.3. The summed E-state index contributed by atoms with van der Waals surface area (Å²) in [7, 11) is 0. The van der Waals surface area contributed by atoms with E-state index in [2.05, 4.69) is 4.98 Å². The van der Waals surface area contributed by atoms with E-state index in [4.69, 9.17) is 5.11 Å². The van der Waals surface area contributed by atoms with Crippen LogP contribution in [-0.2, 0) is 10.3 Å². The van der Waals surface area contributed by atoms with E-state index in [0.717, 1.165) is 16.8 Å². The molecule has 1 aliphatic heterocycles. The van der Waals surface area contributed by atoms with Gasteiger partial charge >= 0.3 is 5.97 Å². The normalized spacial score (nSPS) is 30.8. The number of rotatable bonds is 1. The lowest BCUT2D eigenvalue weighted by molar-refractivity contribution is -0.179. The van der Waals surface area contributed by atoms with E-state index < -0.39 is 17.1 Å². The number of carbonyl (C=O) groups is 1. The van der Waals surface area contributed by atoms with Crippen LogP contribution in [0.25, 0.3) is 11.3 Å². The van der Waals surface area contributed by atoms with Gasteiger partial charge in [0, 0.05) is 18.4 Å². The second kappa shape index (κ2) is 3.05. The van der Waals surface area contributed by atoms with Crippen molar-refractivity contribution >= 4 is 5.97 Å². The van der Waals surface area contributed by atoms with Crippen LogP contribution in [0.15, 0.2) is 36.8 Å². The summed E-state index contributed by atoms with van der Waals surface area (Å²) in [6.45, 7) is 0. The van der Waals surface area contributed by atoms with Crippen molar-refractivity contribution in [3.05, 3.63) is 42.4 Å². The maximum Gasteiger partial charge on any atom is 0.335 e. The minimum Gasteiger partial charge on any atom is -0.479 e. The summed E-state index contributed by atoms with van der Waals surface area (Å²) < 4.78 is 2.00. The molecule has 1 aromatic carbocycles. The SMILES string of the molecule is O=C(O)C1(O)CC2(C1)c1ccccc1-c1cncn12. The van der Waals surface area contributed by atoms with E-state index in [1.807, 2.05) is 28.8 Å². The first-order valence-corrected chi connectivity index (χ1v) is 6.15. The highest BCUT2D eigenvalue weighted by Crippen LogP contribution is 2.58. The van der Waals surface area contributed by atoms with Crippen LogP contribution >= 0.6 is 0 Å². The summed E-state index contributed by atoms with van der Waals surface area (Å²) in [6.07, 6.45) is 3.88. The number of carboxylic acid groups (broad SMARTS) is 1. The Balaban J connectivity index is 1.90. The molecule has 1 aliphatic carbocycles. The predicted octanol–water partition coefficient (Wildman–Crippen LogP) is 1.22. The quantitative estimate of drug-likeness (QED) is 0.804. The molecule has 0 bridgehead atoms. The standard InChI is InChI=1S/C14H12N2O3/c17-12(18)14(19)6-13(7-14)10-4-2-1-3-9(10)11-5-15-8-16(11)13/h1-5,8,19H,6-7H2,(H,17,18). The maximum atomic E-state index is 11.1. The number of nitrogens with zero attached hydrogens (tertiary/aromatic N) is 2. The Morgan fingerprint density at radius 2 is 2.05 bits per heavy atom. The molecule has 2 aromatic rings. The summed E-state index contributed by atoms with van der Waals surface area (Å²) in [5.74, 6) is -1.15. The smallest absolute Gasteiger partial charge is 0.335 e. The fourth-order valence-corrected chi connectivity index (χ4v) is 3.51. The van der Waals surface area contributed by atoms with Crippen LogP contribution in [0.5, 0.6) is 0 Å². The number of hydrogen-bond donors (Lipinski definition) is 2. The molecule has 96 valence electrons. The number of benzene rings is 1. The van der Waals surface area contributed by atoms with Gasteiger partial charge in [-0.2, -0.15) is 0 Å². The number of imidazole rings is 1. The first-order valence-electron chi connectivity index (χ1n) is 6.15. The van der Waals surface area contributed by atoms with Gasteiger partial charge in [-0.3, -0.25) is 0 Å². The minimum atomic E-state index is -1.63. The van der Waals surface area contributed by atoms with E-state index in [1.54, 1.807) is 12.5 Å². The second-order valence-corrected chi connectivity index (χ2v) is 5.42. The summed E-state index contributed by atoms with van der Waals surface area (Å²) in [6, 6.07) is 7.91. The van der Waals surface area contributed by atoms with Crippen molar-refractivity contribution in [2.75, 3.05) is 0 Å². The van der Waals surface area contributed by atoms with Gasteiger partial charge in [0.05, 0.1) is 23.8 Å². The molecule has 5 nitrogen and oxygen atoms in total. The highest BCUT2D eigenvalue weighted by Gasteiger charge is 2.63. The molecular formula is C14H12N2O3. The lowest BCUT2D eigenvalue weighted by Crippen LogP contribution is -2.61. The fraction of sp³-hybridized carbons (Fsp3) is 0.286. The molecular weight excluding hydrogens is 244 g/mol. The van der Waals surface area contributed by atoms with Crippen LogP contribution in [0.4, 0.5) is 0 Å². The molecule has 0 saturated heterocycles. The maximum absolute atomic E-state index is 11.1. The van der Waals surface area contributed by atoms with Gasteiger partial charge in [-0.1, -0.05) is 24.3 Å². The van der Waals surface area contributed by atoms with Crippen LogP contribution in [0.1, 0.15) is 18.4 Å². The zero-order valence-electron chi connectivity index (χ0n) is 10.1. The van der Waals surface area contributed by atoms with E-state index in [1.165, 1.54) is 0 Å². The van der Waals surface area contributed by atoms with Gasteiger partial charge in [0.2, 0.25) is 0 Å². The monoisotopic (exact) mass is 256 g/mol. The zero-order valence-corrected chi connectivity index (χ0v) is 10.1. The predicted molar refractivity (Wildman–Crippen MR) is 66.6 cm³/mol. The highest BCUT2D eigenvalue weighted by molar-refractivity contribution is 5.82. The van der Waals surface area contributed by atoms with Crippen molar-refractivity contribution in [1.82, 2.24) is 9.55 Å². The van der Waals surface area contributed by atoms with E-state index in [-0.39, 0.29) is 12.8 Å². The molecule has 0 unspecified atom stereocenters. The zero-order chi connectivity index (χ0) is 13.3. The van der Waals surface area contributed by atoms with Gasteiger partial charge in [0.1, 0.15) is 0 Å². The molecule has 4 rings (SSSR count). The minimum absolute atomic E-state index is 0.190. The Bertz CT molecular complexity index is 698. The topological polar surface area (TPSA) is 75.3 Å². The fourth-order valence-electron chi connectivity index (χ4n) is 3.51. The average molecular weight is 256 g/mol. The van der Waals surface area contributed by atoms with Crippen molar-refractivity contribution in [1.29, 1.82) is 0 Å². The molecule has 0 radical (unpaired) electrons. The molecule has 0 atom stereocenters. The van der Waals surface area contributed by atoms with Gasteiger partial charge < -0.3 is 14.8 Å². The van der Waals surface area contributed by atoms with Crippen LogP contribution in [0, 0.1) is 0 Å². The van der Waals surface area contributed by atoms with Crippen LogP contribution in [0.2, 0.25) is 0 Å². The number of aromatic nitrogens is 2. The molecule has 0 amide bonds. The van der Waals surface area contributed by atoms with Crippen molar-refractivity contribution in [3.8, 4) is 11.3 Å². The van der Waals surface area contributed by atoms with Crippen LogP contribution in [0.3, 0.4) is 0 Å². The van der Waals surface area contributed by atoms with Gasteiger partial charge in [0.15, 0.2) is 5.60 Å².